The van der Waals surface area contributed by atoms with Crippen molar-refractivity contribution in [3.8, 4) is 0 Å². The van der Waals surface area contributed by atoms with Gasteiger partial charge < -0.3 is 0 Å². The molecular weight excluding hydrogens is 190 g/mol. The zero-order chi connectivity index (χ0) is 8.97. The van der Waals surface area contributed by atoms with E-state index in [2.05, 4.69) is 17.7 Å². The van der Waals surface area contributed by atoms with E-state index in [4.69, 9.17) is 11.6 Å². The van der Waals surface area contributed by atoms with Crippen molar-refractivity contribution >= 4 is 23.4 Å². The molecule has 0 amide bonds. The topological polar surface area (TPSA) is 3.24 Å². The summed E-state index contributed by atoms with van der Waals surface area (Å²) in [6.45, 7) is 6.97. The van der Waals surface area contributed by atoms with Gasteiger partial charge in [-0.15, -0.1) is 0 Å². The standard InChI is InChI=1S/C9H16ClNS/c1-8(10)5-11-4-3-9(6-11)7-12-2/h9H,1,3-7H2,2H3/t9-/m0/s1. The van der Waals surface area contributed by atoms with Crippen LogP contribution in [0.2, 0.25) is 0 Å². The molecule has 3 heteroatoms. The first-order valence-corrected chi connectivity index (χ1v) is 6.04. The molecule has 0 bridgehead atoms. The summed E-state index contributed by atoms with van der Waals surface area (Å²) >= 11 is 7.68. The maximum atomic E-state index is 5.74. The van der Waals surface area contributed by atoms with Crippen LogP contribution in [0.1, 0.15) is 6.42 Å². The van der Waals surface area contributed by atoms with Crippen molar-refractivity contribution in [3.05, 3.63) is 11.6 Å². The van der Waals surface area contributed by atoms with Gasteiger partial charge in [0.15, 0.2) is 0 Å². The Kier molecular flexibility index (Phi) is 4.47. The maximum absolute atomic E-state index is 5.74. The molecule has 0 unspecified atom stereocenters. The maximum Gasteiger partial charge on any atom is 0.0335 e. The number of nitrogens with zero attached hydrogens (tertiary/aromatic N) is 1. The second-order valence-electron chi connectivity index (χ2n) is 3.36. The summed E-state index contributed by atoms with van der Waals surface area (Å²) in [5, 5.41) is 0.764. The van der Waals surface area contributed by atoms with Crippen molar-refractivity contribution in [2.24, 2.45) is 5.92 Å². The minimum absolute atomic E-state index is 0.764. The second kappa shape index (κ2) is 5.15. The predicted octanol–water partition coefficient (Wildman–Crippen LogP) is 2.42. The predicted molar refractivity (Wildman–Crippen MR) is 57.9 cm³/mol. The first kappa shape index (κ1) is 10.4. The number of thioether (sulfide) groups is 1. The number of likely N-dealkylation sites (tertiary alicyclic amines) is 1. The monoisotopic (exact) mass is 205 g/mol. The fraction of sp³-hybridized carbons (Fsp3) is 0.778. The SMILES string of the molecule is C=C(Cl)CN1CC[C@H](CSC)C1. The Balaban J connectivity index is 2.21. The molecule has 1 nitrogen and oxygen atoms in total. The summed E-state index contributed by atoms with van der Waals surface area (Å²) in [7, 11) is 0. The molecule has 0 N–H and O–H groups in total. The van der Waals surface area contributed by atoms with Gasteiger partial charge in [0.05, 0.1) is 0 Å². The van der Waals surface area contributed by atoms with E-state index in [1.807, 2.05) is 11.8 Å². The highest BCUT2D eigenvalue weighted by Crippen LogP contribution is 2.20. The van der Waals surface area contributed by atoms with E-state index >= 15 is 0 Å². The van der Waals surface area contributed by atoms with Gasteiger partial charge in [-0.3, -0.25) is 4.90 Å². The number of halogens is 1. The smallest absolute Gasteiger partial charge is 0.0335 e. The molecular formula is C9H16ClNS. The Labute approximate surface area is 84.1 Å². The van der Waals surface area contributed by atoms with Gasteiger partial charge in [-0.05, 0) is 30.9 Å². The molecule has 0 aromatic rings. The van der Waals surface area contributed by atoms with Crippen LogP contribution in [-0.4, -0.2) is 36.5 Å². The highest BCUT2D eigenvalue weighted by molar-refractivity contribution is 7.98. The van der Waals surface area contributed by atoms with Crippen LogP contribution in [0.4, 0.5) is 0 Å². The Bertz CT molecular complexity index is 161. The van der Waals surface area contributed by atoms with Gasteiger partial charge in [0.1, 0.15) is 0 Å². The van der Waals surface area contributed by atoms with Crippen LogP contribution in [0, 0.1) is 5.92 Å². The zero-order valence-electron chi connectivity index (χ0n) is 7.55. The molecule has 1 saturated heterocycles. The van der Waals surface area contributed by atoms with Crippen LogP contribution in [-0.2, 0) is 0 Å². The van der Waals surface area contributed by atoms with Gasteiger partial charge >= 0.3 is 0 Å². The molecule has 1 fully saturated rings. The fourth-order valence-corrected chi connectivity index (χ4v) is 2.58. The third-order valence-electron chi connectivity index (χ3n) is 2.17. The molecule has 0 saturated carbocycles. The van der Waals surface area contributed by atoms with E-state index in [1.54, 1.807) is 0 Å². The fourth-order valence-electron chi connectivity index (χ4n) is 1.67. The second-order valence-corrected chi connectivity index (χ2v) is 4.81. The Hall–Kier alpha value is 0.340. The van der Waals surface area contributed by atoms with Crippen LogP contribution in [0.15, 0.2) is 11.6 Å². The number of hydrogen-bond donors (Lipinski definition) is 0. The van der Waals surface area contributed by atoms with Crippen molar-refractivity contribution < 1.29 is 0 Å². The lowest BCUT2D eigenvalue weighted by Gasteiger charge is -2.14. The van der Waals surface area contributed by atoms with Gasteiger partial charge in [-0.2, -0.15) is 11.8 Å². The van der Waals surface area contributed by atoms with E-state index in [0.717, 1.165) is 17.5 Å². The largest absolute Gasteiger partial charge is 0.298 e. The molecule has 1 aliphatic rings. The quantitative estimate of drug-likeness (QED) is 0.694. The molecule has 1 rings (SSSR count). The van der Waals surface area contributed by atoms with Gasteiger partial charge in [0, 0.05) is 18.1 Å². The summed E-state index contributed by atoms with van der Waals surface area (Å²) in [4.78, 5) is 2.39. The molecule has 0 radical (unpaired) electrons. The van der Waals surface area contributed by atoms with Crippen molar-refractivity contribution in [3.63, 3.8) is 0 Å². The van der Waals surface area contributed by atoms with Crippen molar-refractivity contribution in [1.29, 1.82) is 0 Å². The van der Waals surface area contributed by atoms with Crippen LogP contribution >= 0.6 is 23.4 Å². The van der Waals surface area contributed by atoms with Gasteiger partial charge in [0.25, 0.3) is 0 Å². The van der Waals surface area contributed by atoms with Crippen LogP contribution in [0.5, 0.6) is 0 Å². The van der Waals surface area contributed by atoms with Crippen LogP contribution in [0.25, 0.3) is 0 Å². The van der Waals surface area contributed by atoms with Crippen molar-refractivity contribution in [2.45, 2.75) is 6.42 Å². The Morgan fingerprint density at radius 3 is 3.08 bits per heavy atom. The molecule has 0 aromatic carbocycles. The van der Waals surface area contributed by atoms with E-state index in [9.17, 15) is 0 Å². The van der Waals surface area contributed by atoms with Crippen molar-refractivity contribution in [1.82, 2.24) is 4.90 Å². The van der Waals surface area contributed by atoms with Crippen LogP contribution in [0.3, 0.4) is 0 Å². The number of hydrogen-bond acceptors (Lipinski definition) is 2. The summed E-state index contributed by atoms with van der Waals surface area (Å²) in [5.41, 5.74) is 0. The van der Waals surface area contributed by atoms with E-state index in [-0.39, 0.29) is 0 Å². The third-order valence-corrected chi connectivity index (χ3v) is 3.09. The molecule has 0 aliphatic carbocycles. The molecule has 1 aliphatic heterocycles. The van der Waals surface area contributed by atoms with Crippen LogP contribution < -0.4 is 0 Å². The highest BCUT2D eigenvalue weighted by Gasteiger charge is 2.21. The molecule has 12 heavy (non-hydrogen) atoms. The molecule has 70 valence electrons. The van der Waals surface area contributed by atoms with E-state index in [0.29, 0.717) is 0 Å². The lowest BCUT2D eigenvalue weighted by Crippen LogP contribution is -2.22. The van der Waals surface area contributed by atoms with E-state index in [1.165, 1.54) is 25.3 Å². The third kappa shape index (κ3) is 3.38. The normalized spacial score (nSPS) is 24.7. The van der Waals surface area contributed by atoms with Gasteiger partial charge in [-0.25, -0.2) is 0 Å². The Morgan fingerprint density at radius 1 is 1.75 bits per heavy atom. The minimum Gasteiger partial charge on any atom is -0.298 e. The lowest BCUT2D eigenvalue weighted by molar-refractivity contribution is 0.362. The van der Waals surface area contributed by atoms with Gasteiger partial charge in [-0.1, -0.05) is 18.2 Å². The summed E-state index contributed by atoms with van der Waals surface area (Å²) in [6.07, 6.45) is 3.49. The first-order chi connectivity index (χ1) is 5.72. The van der Waals surface area contributed by atoms with Gasteiger partial charge in [0.2, 0.25) is 0 Å². The molecule has 1 heterocycles. The lowest BCUT2D eigenvalue weighted by atomic mass is 10.2. The first-order valence-electron chi connectivity index (χ1n) is 4.27. The average molecular weight is 206 g/mol. The molecule has 0 aromatic heterocycles. The zero-order valence-corrected chi connectivity index (χ0v) is 9.13. The van der Waals surface area contributed by atoms with Crippen molar-refractivity contribution in [2.75, 3.05) is 31.6 Å². The summed E-state index contributed by atoms with van der Waals surface area (Å²) < 4.78 is 0. The van der Waals surface area contributed by atoms with E-state index < -0.39 is 0 Å². The molecule has 0 spiro atoms. The molecule has 1 atom stereocenters. The summed E-state index contributed by atoms with van der Waals surface area (Å²) in [6, 6.07) is 0. The minimum atomic E-state index is 0.764. The Morgan fingerprint density at radius 2 is 2.50 bits per heavy atom. The summed E-state index contributed by atoms with van der Waals surface area (Å²) in [5.74, 6) is 2.15. The highest BCUT2D eigenvalue weighted by atomic mass is 35.5. The average Bonchev–Trinajstić information content (AvgIpc) is 2.36. The number of rotatable bonds is 4.